The van der Waals surface area contributed by atoms with Crippen molar-refractivity contribution in [3.63, 3.8) is 0 Å². The van der Waals surface area contributed by atoms with E-state index in [1.54, 1.807) is 0 Å². The Morgan fingerprint density at radius 1 is 1.15 bits per heavy atom. The molecule has 2 rings (SSSR count). The second-order valence-electron chi connectivity index (χ2n) is 5.61. The Morgan fingerprint density at radius 2 is 1.90 bits per heavy atom. The molecule has 0 saturated heterocycles. The predicted octanol–water partition coefficient (Wildman–Crippen LogP) is 1.73. The minimum atomic E-state index is 0.807. The highest BCUT2D eigenvalue weighted by Crippen LogP contribution is 2.10. The fourth-order valence-corrected chi connectivity index (χ4v) is 2.31. The standard InChI is InChI=1S/C15H25N5/c1-6-19(8-7-18(4)5)10-14-11-20-13(3)9-12(2)16-15(20)17-14/h9,11H,6-8,10H2,1-5H3. The summed E-state index contributed by atoms with van der Waals surface area (Å²) in [5.74, 6) is 0.807. The van der Waals surface area contributed by atoms with E-state index in [-0.39, 0.29) is 0 Å². The molecular weight excluding hydrogens is 250 g/mol. The number of likely N-dealkylation sites (N-methyl/N-ethyl adjacent to an activating group) is 2. The summed E-state index contributed by atoms with van der Waals surface area (Å²) in [6, 6.07) is 2.09. The van der Waals surface area contributed by atoms with E-state index in [2.05, 4.69) is 64.4 Å². The molecule has 0 spiro atoms. The van der Waals surface area contributed by atoms with Gasteiger partial charge in [0.15, 0.2) is 0 Å². The van der Waals surface area contributed by atoms with Gasteiger partial charge >= 0.3 is 0 Å². The van der Waals surface area contributed by atoms with Gasteiger partial charge in [-0.25, -0.2) is 9.97 Å². The minimum absolute atomic E-state index is 0.807. The molecule has 0 aliphatic heterocycles. The molecule has 0 aliphatic rings. The first kappa shape index (κ1) is 14.9. The van der Waals surface area contributed by atoms with Crippen LogP contribution in [0.3, 0.4) is 0 Å². The van der Waals surface area contributed by atoms with Crippen molar-refractivity contribution in [3.05, 3.63) is 29.3 Å². The van der Waals surface area contributed by atoms with Crippen molar-refractivity contribution < 1.29 is 0 Å². The highest BCUT2D eigenvalue weighted by Gasteiger charge is 2.09. The van der Waals surface area contributed by atoms with Crippen LogP contribution in [0.15, 0.2) is 12.3 Å². The van der Waals surface area contributed by atoms with Crippen LogP contribution in [-0.4, -0.2) is 57.9 Å². The average molecular weight is 275 g/mol. The van der Waals surface area contributed by atoms with Crippen LogP contribution in [0.5, 0.6) is 0 Å². The molecule has 5 heteroatoms. The lowest BCUT2D eigenvalue weighted by atomic mass is 10.3. The maximum absolute atomic E-state index is 4.65. The zero-order valence-electron chi connectivity index (χ0n) is 13.2. The Balaban J connectivity index is 2.14. The van der Waals surface area contributed by atoms with Crippen LogP contribution in [0.25, 0.3) is 5.78 Å². The van der Waals surface area contributed by atoms with Gasteiger partial charge < -0.3 is 4.90 Å². The fourth-order valence-electron chi connectivity index (χ4n) is 2.31. The number of aromatic nitrogens is 3. The van der Waals surface area contributed by atoms with Crippen molar-refractivity contribution in [2.45, 2.75) is 27.3 Å². The first-order chi connectivity index (χ1) is 9.49. The lowest BCUT2D eigenvalue weighted by Crippen LogP contribution is -2.31. The van der Waals surface area contributed by atoms with Crippen LogP contribution in [0, 0.1) is 13.8 Å². The summed E-state index contributed by atoms with van der Waals surface area (Å²) in [4.78, 5) is 13.8. The third-order valence-corrected chi connectivity index (χ3v) is 3.51. The molecule has 0 atom stereocenters. The molecule has 5 nitrogen and oxygen atoms in total. The SMILES string of the molecule is CCN(CCN(C)C)Cc1cn2c(C)cc(C)nc2n1. The van der Waals surface area contributed by atoms with Crippen LogP contribution >= 0.6 is 0 Å². The van der Waals surface area contributed by atoms with Gasteiger partial charge in [0.05, 0.1) is 5.69 Å². The number of fused-ring (bicyclic) bond motifs is 1. The van der Waals surface area contributed by atoms with E-state index < -0.39 is 0 Å². The summed E-state index contributed by atoms with van der Waals surface area (Å²) >= 11 is 0. The molecule has 0 unspecified atom stereocenters. The Morgan fingerprint density at radius 3 is 2.55 bits per heavy atom. The van der Waals surface area contributed by atoms with Gasteiger partial charge in [-0.1, -0.05) is 6.92 Å². The Hall–Kier alpha value is -1.46. The van der Waals surface area contributed by atoms with Crippen molar-refractivity contribution in [1.29, 1.82) is 0 Å². The molecule has 0 radical (unpaired) electrons. The second kappa shape index (κ2) is 6.33. The van der Waals surface area contributed by atoms with E-state index in [9.17, 15) is 0 Å². The highest BCUT2D eigenvalue weighted by atomic mass is 15.2. The monoisotopic (exact) mass is 275 g/mol. The van der Waals surface area contributed by atoms with Crippen LogP contribution in [0.2, 0.25) is 0 Å². The van der Waals surface area contributed by atoms with E-state index in [1.807, 2.05) is 6.92 Å². The van der Waals surface area contributed by atoms with E-state index >= 15 is 0 Å². The molecule has 110 valence electrons. The van der Waals surface area contributed by atoms with Crippen molar-refractivity contribution >= 4 is 5.78 Å². The molecule has 0 fully saturated rings. The van der Waals surface area contributed by atoms with Crippen molar-refractivity contribution in [2.24, 2.45) is 0 Å². The summed E-state index contributed by atoms with van der Waals surface area (Å²) in [6.45, 7) is 10.3. The average Bonchev–Trinajstić information content (AvgIpc) is 2.77. The maximum atomic E-state index is 4.65. The Labute approximate surface area is 121 Å². The smallest absolute Gasteiger partial charge is 0.234 e. The normalized spacial score (nSPS) is 11.9. The zero-order valence-corrected chi connectivity index (χ0v) is 13.2. The number of hydrogen-bond donors (Lipinski definition) is 0. The third-order valence-electron chi connectivity index (χ3n) is 3.51. The van der Waals surface area contributed by atoms with Gasteiger partial charge in [-0.15, -0.1) is 0 Å². The number of nitrogens with zero attached hydrogens (tertiary/aromatic N) is 5. The molecule has 0 saturated carbocycles. The summed E-state index contributed by atoms with van der Waals surface area (Å²) in [6.07, 6.45) is 2.11. The second-order valence-corrected chi connectivity index (χ2v) is 5.61. The number of imidazole rings is 1. The molecule has 0 bridgehead atoms. The van der Waals surface area contributed by atoms with Crippen LogP contribution in [-0.2, 0) is 6.54 Å². The first-order valence-electron chi connectivity index (χ1n) is 7.19. The van der Waals surface area contributed by atoms with Crippen LogP contribution in [0.4, 0.5) is 0 Å². The molecule has 2 aromatic heterocycles. The summed E-state index contributed by atoms with van der Waals surface area (Å²) in [5, 5.41) is 0. The van der Waals surface area contributed by atoms with Gasteiger partial charge in [-0.3, -0.25) is 9.30 Å². The molecule has 0 N–H and O–H groups in total. The molecule has 20 heavy (non-hydrogen) atoms. The summed E-state index contributed by atoms with van der Waals surface area (Å²) in [5.41, 5.74) is 3.29. The minimum Gasteiger partial charge on any atom is -0.308 e. The molecule has 0 aliphatic carbocycles. The Kier molecular flexibility index (Phi) is 4.73. The molecule has 2 heterocycles. The molecule has 0 aromatic carbocycles. The Bertz CT molecular complexity index is 573. The van der Waals surface area contributed by atoms with Gasteiger partial charge in [0, 0.05) is 37.2 Å². The van der Waals surface area contributed by atoms with Crippen LogP contribution in [0.1, 0.15) is 24.0 Å². The van der Waals surface area contributed by atoms with E-state index in [1.165, 1.54) is 5.69 Å². The van der Waals surface area contributed by atoms with E-state index in [0.29, 0.717) is 0 Å². The van der Waals surface area contributed by atoms with Crippen molar-refractivity contribution in [1.82, 2.24) is 24.2 Å². The third kappa shape index (κ3) is 3.55. The van der Waals surface area contributed by atoms with Crippen LogP contribution < -0.4 is 0 Å². The molecule has 2 aromatic rings. The van der Waals surface area contributed by atoms with Gasteiger partial charge in [0.2, 0.25) is 5.78 Å². The predicted molar refractivity (Wildman–Crippen MR) is 82.0 cm³/mol. The van der Waals surface area contributed by atoms with E-state index in [4.69, 9.17) is 0 Å². The first-order valence-corrected chi connectivity index (χ1v) is 7.19. The largest absolute Gasteiger partial charge is 0.308 e. The molecule has 0 amide bonds. The topological polar surface area (TPSA) is 36.7 Å². The van der Waals surface area contributed by atoms with E-state index in [0.717, 1.165) is 43.3 Å². The summed E-state index contributed by atoms with van der Waals surface area (Å²) < 4.78 is 2.07. The number of hydrogen-bond acceptors (Lipinski definition) is 4. The highest BCUT2D eigenvalue weighted by molar-refractivity contribution is 5.34. The maximum Gasteiger partial charge on any atom is 0.234 e. The van der Waals surface area contributed by atoms with Crippen molar-refractivity contribution in [3.8, 4) is 0 Å². The quantitative estimate of drug-likeness (QED) is 0.804. The van der Waals surface area contributed by atoms with Gasteiger partial charge in [0.25, 0.3) is 0 Å². The van der Waals surface area contributed by atoms with Gasteiger partial charge in [-0.05, 0) is 40.6 Å². The van der Waals surface area contributed by atoms with Gasteiger partial charge in [-0.2, -0.15) is 0 Å². The lowest BCUT2D eigenvalue weighted by Gasteiger charge is -2.21. The fraction of sp³-hybridized carbons (Fsp3) is 0.600. The van der Waals surface area contributed by atoms with Crippen molar-refractivity contribution in [2.75, 3.05) is 33.7 Å². The van der Waals surface area contributed by atoms with Gasteiger partial charge in [0.1, 0.15) is 0 Å². The molecular formula is C15H25N5. The number of aryl methyl sites for hydroxylation is 2. The lowest BCUT2D eigenvalue weighted by molar-refractivity contribution is 0.242. The number of rotatable bonds is 6. The zero-order chi connectivity index (χ0) is 14.7. The summed E-state index contributed by atoms with van der Waals surface area (Å²) in [7, 11) is 4.21.